The largest absolute Gasteiger partial charge is 0.321 e. The van der Waals surface area contributed by atoms with Crippen molar-refractivity contribution in [3.63, 3.8) is 0 Å². The van der Waals surface area contributed by atoms with E-state index in [0.717, 1.165) is 0 Å². The minimum atomic E-state index is -0.224. The third-order valence-electron chi connectivity index (χ3n) is 1.75. The predicted molar refractivity (Wildman–Crippen MR) is 61.5 cm³/mol. The zero-order valence-electron chi connectivity index (χ0n) is 7.61. The Bertz CT molecular complexity index is 470. The van der Waals surface area contributed by atoms with E-state index >= 15 is 0 Å². The molecule has 5 heteroatoms. The molecule has 1 aromatic carbocycles. The van der Waals surface area contributed by atoms with Crippen LogP contribution < -0.4 is 5.32 Å². The standard InChI is InChI=1S/C10H7ClN2OS/c11-7-2-1-3-8(4-7)13-10(14)9-5-15-6-12-9/h1-6H,(H,13,14). The molecule has 0 radical (unpaired) electrons. The first-order valence-electron chi connectivity index (χ1n) is 4.21. The lowest BCUT2D eigenvalue weighted by molar-refractivity contribution is 0.102. The number of rotatable bonds is 2. The van der Waals surface area contributed by atoms with Gasteiger partial charge in [0.25, 0.3) is 5.91 Å². The van der Waals surface area contributed by atoms with Crippen LogP contribution in [0.5, 0.6) is 0 Å². The first-order chi connectivity index (χ1) is 7.25. The van der Waals surface area contributed by atoms with Crippen LogP contribution in [0.3, 0.4) is 0 Å². The Balaban J connectivity index is 2.13. The number of hydrogen-bond donors (Lipinski definition) is 1. The molecule has 0 aliphatic rings. The number of thiazole rings is 1. The molecule has 2 rings (SSSR count). The molecule has 0 fully saturated rings. The van der Waals surface area contributed by atoms with E-state index in [1.165, 1.54) is 11.3 Å². The number of nitrogens with one attached hydrogen (secondary N) is 1. The Morgan fingerprint density at radius 3 is 3.00 bits per heavy atom. The Morgan fingerprint density at radius 2 is 2.33 bits per heavy atom. The van der Waals surface area contributed by atoms with Gasteiger partial charge in [0.1, 0.15) is 5.69 Å². The van der Waals surface area contributed by atoms with Crippen molar-refractivity contribution < 1.29 is 4.79 Å². The van der Waals surface area contributed by atoms with Crippen molar-refractivity contribution in [2.75, 3.05) is 5.32 Å². The van der Waals surface area contributed by atoms with Crippen LogP contribution >= 0.6 is 22.9 Å². The predicted octanol–water partition coefficient (Wildman–Crippen LogP) is 3.05. The fourth-order valence-electron chi connectivity index (χ4n) is 1.09. The van der Waals surface area contributed by atoms with Gasteiger partial charge in [-0.1, -0.05) is 17.7 Å². The van der Waals surface area contributed by atoms with Gasteiger partial charge in [-0.2, -0.15) is 0 Å². The van der Waals surface area contributed by atoms with Crippen LogP contribution in [0.25, 0.3) is 0 Å². The summed E-state index contributed by atoms with van der Waals surface area (Å²) in [6, 6.07) is 6.99. The van der Waals surface area contributed by atoms with Crippen LogP contribution in [0.1, 0.15) is 10.5 Å². The van der Waals surface area contributed by atoms with E-state index in [1.807, 2.05) is 0 Å². The zero-order valence-corrected chi connectivity index (χ0v) is 9.18. The second-order valence-corrected chi connectivity index (χ2v) is 3.99. The summed E-state index contributed by atoms with van der Waals surface area (Å²) < 4.78 is 0. The van der Waals surface area contributed by atoms with Crippen LogP contribution in [0, 0.1) is 0 Å². The van der Waals surface area contributed by atoms with E-state index in [0.29, 0.717) is 16.4 Å². The van der Waals surface area contributed by atoms with Crippen LogP contribution in [0.4, 0.5) is 5.69 Å². The van der Waals surface area contributed by atoms with Gasteiger partial charge in [-0.15, -0.1) is 11.3 Å². The average molecular weight is 239 g/mol. The number of hydrogen-bond acceptors (Lipinski definition) is 3. The van der Waals surface area contributed by atoms with Crippen LogP contribution in [0.2, 0.25) is 5.02 Å². The molecule has 0 atom stereocenters. The molecular weight excluding hydrogens is 232 g/mol. The van der Waals surface area contributed by atoms with Crippen molar-refractivity contribution in [3.05, 3.63) is 45.9 Å². The summed E-state index contributed by atoms with van der Waals surface area (Å²) in [6.07, 6.45) is 0. The molecule has 76 valence electrons. The van der Waals surface area contributed by atoms with Gasteiger partial charge in [-0.05, 0) is 18.2 Å². The molecule has 1 amide bonds. The van der Waals surface area contributed by atoms with E-state index in [1.54, 1.807) is 35.2 Å². The van der Waals surface area contributed by atoms with E-state index in [2.05, 4.69) is 10.3 Å². The molecule has 1 aromatic heterocycles. The summed E-state index contributed by atoms with van der Waals surface area (Å²) in [5, 5.41) is 4.99. The Labute approximate surface area is 95.7 Å². The molecule has 0 aliphatic carbocycles. The van der Waals surface area contributed by atoms with Crippen molar-refractivity contribution >= 4 is 34.5 Å². The second-order valence-electron chi connectivity index (χ2n) is 2.84. The molecule has 0 saturated carbocycles. The fourth-order valence-corrected chi connectivity index (χ4v) is 1.81. The lowest BCUT2D eigenvalue weighted by Gasteiger charge is -2.02. The van der Waals surface area contributed by atoms with Gasteiger partial charge in [0.15, 0.2) is 0 Å². The van der Waals surface area contributed by atoms with Crippen molar-refractivity contribution in [1.82, 2.24) is 4.98 Å². The molecule has 3 nitrogen and oxygen atoms in total. The van der Waals surface area contributed by atoms with Gasteiger partial charge in [0.05, 0.1) is 5.51 Å². The molecule has 2 aromatic rings. The summed E-state index contributed by atoms with van der Waals surface area (Å²) in [7, 11) is 0. The number of aromatic nitrogens is 1. The Kier molecular flexibility index (Phi) is 2.99. The number of benzene rings is 1. The minimum absolute atomic E-state index is 0.224. The highest BCUT2D eigenvalue weighted by atomic mass is 35.5. The molecule has 1 N–H and O–H groups in total. The van der Waals surface area contributed by atoms with E-state index in [4.69, 9.17) is 11.6 Å². The van der Waals surface area contributed by atoms with Crippen molar-refractivity contribution in [1.29, 1.82) is 0 Å². The summed E-state index contributed by atoms with van der Waals surface area (Å²) in [5.74, 6) is -0.224. The van der Waals surface area contributed by atoms with Gasteiger partial charge in [0.2, 0.25) is 0 Å². The first kappa shape index (κ1) is 10.1. The molecule has 1 heterocycles. The van der Waals surface area contributed by atoms with Gasteiger partial charge in [-0.3, -0.25) is 4.79 Å². The minimum Gasteiger partial charge on any atom is -0.321 e. The maximum Gasteiger partial charge on any atom is 0.275 e. The maximum absolute atomic E-state index is 11.6. The van der Waals surface area contributed by atoms with Crippen molar-refractivity contribution in [2.45, 2.75) is 0 Å². The van der Waals surface area contributed by atoms with Gasteiger partial charge in [-0.25, -0.2) is 4.98 Å². The number of carbonyl (C=O) groups is 1. The van der Waals surface area contributed by atoms with E-state index in [-0.39, 0.29) is 5.91 Å². The van der Waals surface area contributed by atoms with Crippen LogP contribution in [-0.4, -0.2) is 10.9 Å². The topological polar surface area (TPSA) is 42.0 Å². The number of halogens is 1. The van der Waals surface area contributed by atoms with Crippen molar-refractivity contribution in [2.24, 2.45) is 0 Å². The first-order valence-corrected chi connectivity index (χ1v) is 5.53. The fraction of sp³-hybridized carbons (Fsp3) is 0. The SMILES string of the molecule is O=C(Nc1cccc(Cl)c1)c1cscn1. The highest BCUT2D eigenvalue weighted by molar-refractivity contribution is 7.07. The molecule has 0 unspecified atom stereocenters. The van der Waals surface area contributed by atoms with E-state index in [9.17, 15) is 4.79 Å². The van der Waals surface area contributed by atoms with E-state index < -0.39 is 0 Å². The summed E-state index contributed by atoms with van der Waals surface area (Å²) in [5.41, 5.74) is 2.70. The molecule has 0 spiro atoms. The maximum atomic E-state index is 11.6. The average Bonchev–Trinajstić information content (AvgIpc) is 2.70. The Morgan fingerprint density at radius 1 is 1.47 bits per heavy atom. The molecule has 0 aliphatic heterocycles. The second kappa shape index (κ2) is 4.42. The number of amides is 1. The van der Waals surface area contributed by atoms with Gasteiger partial charge in [0, 0.05) is 16.1 Å². The third-order valence-corrected chi connectivity index (χ3v) is 2.57. The molecule has 15 heavy (non-hydrogen) atoms. The third kappa shape index (κ3) is 2.55. The van der Waals surface area contributed by atoms with Gasteiger partial charge >= 0.3 is 0 Å². The normalized spacial score (nSPS) is 9.93. The summed E-state index contributed by atoms with van der Waals surface area (Å²) >= 11 is 7.17. The molecular formula is C10H7ClN2OS. The zero-order chi connectivity index (χ0) is 10.7. The highest BCUT2D eigenvalue weighted by Gasteiger charge is 2.07. The lowest BCUT2D eigenvalue weighted by Crippen LogP contribution is -2.11. The lowest BCUT2D eigenvalue weighted by atomic mass is 10.3. The smallest absolute Gasteiger partial charge is 0.275 e. The quantitative estimate of drug-likeness (QED) is 0.874. The molecule has 0 saturated heterocycles. The monoisotopic (exact) mass is 238 g/mol. The summed E-state index contributed by atoms with van der Waals surface area (Å²) in [4.78, 5) is 15.5. The number of anilines is 1. The van der Waals surface area contributed by atoms with Crippen molar-refractivity contribution in [3.8, 4) is 0 Å². The highest BCUT2D eigenvalue weighted by Crippen LogP contribution is 2.15. The Hall–Kier alpha value is -1.39. The van der Waals surface area contributed by atoms with Crippen LogP contribution in [0.15, 0.2) is 35.2 Å². The number of carbonyl (C=O) groups excluding carboxylic acids is 1. The van der Waals surface area contributed by atoms with Crippen LogP contribution in [-0.2, 0) is 0 Å². The molecule has 0 bridgehead atoms. The van der Waals surface area contributed by atoms with Gasteiger partial charge < -0.3 is 5.32 Å². The summed E-state index contributed by atoms with van der Waals surface area (Å²) in [6.45, 7) is 0. The number of nitrogens with zero attached hydrogens (tertiary/aromatic N) is 1.